The molecule has 1 rings (SSSR count). The minimum Gasteiger partial charge on any atom is -0.502 e. The van der Waals surface area contributed by atoms with Gasteiger partial charge >= 0.3 is 0 Å². The number of rotatable bonds is 3. The lowest BCUT2D eigenvalue weighted by Crippen LogP contribution is -1.78. The van der Waals surface area contributed by atoms with Crippen LogP contribution in [0.2, 0.25) is 0 Å². The Balaban J connectivity index is 1.96. The van der Waals surface area contributed by atoms with Gasteiger partial charge < -0.3 is 4.74 Å². The average Bonchev–Trinajstić information content (AvgIpc) is 2.51. The van der Waals surface area contributed by atoms with E-state index in [1.807, 2.05) is 18.7 Å². The van der Waals surface area contributed by atoms with E-state index in [2.05, 4.69) is 6.08 Å². The van der Waals surface area contributed by atoms with Crippen molar-refractivity contribution >= 4 is 11.8 Å². The van der Waals surface area contributed by atoms with E-state index in [-0.39, 0.29) is 0 Å². The fourth-order valence-corrected chi connectivity index (χ4v) is 0.804. The Hall–Kier alpha value is -0.110. The van der Waals surface area contributed by atoms with E-state index < -0.39 is 0 Å². The predicted octanol–water partition coefficient (Wildman–Crippen LogP) is 1.65. The van der Waals surface area contributed by atoms with Gasteiger partial charge in [0.2, 0.25) is 0 Å². The second-order valence-electron chi connectivity index (χ2n) is 1.66. The Morgan fingerprint density at radius 3 is 3.12 bits per heavy atom. The largest absolute Gasteiger partial charge is 0.502 e. The topological polar surface area (TPSA) is 9.23 Å². The van der Waals surface area contributed by atoms with Crippen LogP contribution in [0.25, 0.3) is 0 Å². The van der Waals surface area contributed by atoms with Crippen molar-refractivity contribution in [3.8, 4) is 0 Å². The smallest absolute Gasteiger partial charge is 0.0845 e. The van der Waals surface area contributed by atoms with Crippen LogP contribution in [-0.2, 0) is 4.74 Å². The lowest BCUT2D eigenvalue weighted by atomic mass is 10.5. The molecule has 1 unspecified atom stereocenters. The van der Waals surface area contributed by atoms with Gasteiger partial charge in [-0.2, -0.15) is 11.8 Å². The van der Waals surface area contributed by atoms with Crippen molar-refractivity contribution in [1.82, 2.24) is 0 Å². The Morgan fingerprint density at radius 2 is 2.62 bits per heavy atom. The molecule has 1 saturated heterocycles. The Labute approximate surface area is 54.1 Å². The number of hydrogen-bond acceptors (Lipinski definition) is 2. The molecular weight excluding hydrogens is 120 g/mol. The maximum absolute atomic E-state index is 4.99. The molecule has 1 fully saturated rings. The zero-order chi connectivity index (χ0) is 5.82. The summed E-state index contributed by atoms with van der Waals surface area (Å²) in [5.41, 5.74) is 0. The first-order valence-corrected chi connectivity index (χ1v) is 3.88. The molecule has 1 heterocycles. The van der Waals surface area contributed by atoms with Crippen LogP contribution in [0.1, 0.15) is 6.92 Å². The SMILES string of the molecule is CCOC=CC1CS1. The highest BCUT2D eigenvalue weighted by Gasteiger charge is 2.17. The first-order valence-electron chi connectivity index (χ1n) is 2.83. The zero-order valence-corrected chi connectivity index (χ0v) is 5.78. The van der Waals surface area contributed by atoms with Gasteiger partial charge in [0.25, 0.3) is 0 Å². The normalized spacial score (nSPS) is 26.4. The minimum atomic E-state index is 0.765. The molecule has 0 radical (unpaired) electrons. The lowest BCUT2D eigenvalue weighted by Gasteiger charge is -1.88. The zero-order valence-electron chi connectivity index (χ0n) is 4.96. The highest BCUT2D eigenvalue weighted by atomic mass is 32.2. The molecule has 0 saturated carbocycles. The van der Waals surface area contributed by atoms with Crippen molar-refractivity contribution in [3.05, 3.63) is 12.3 Å². The van der Waals surface area contributed by atoms with Gasteiger partial charge in [0.1, 0.15) is 0 Å². The standard InChI is InChI=1S/C6H10OS/c1-2-7-4-3-6-5-8-6/h3-4,6H,2,5H2,1H3. The van der Waals surface area contributed by atoms with Crippen molar-refractivity contribution < 1.29 is 4.74 Å². The maximum Gasteiger partial charge on any atom is 0.0845 e. The van der Waals surface area contributed by atoms with Crippen LogP contribution in [0.3, 0.4) is 0 Å². The van der Waals surface area contributed by atoms with Crippen molar-refractivity contribution in [2.45, 2.75) is 12.2 Å². The molecular formula is C6H10OS. The number of ether oxygens (including phenoxy) is 1. The molecule has 0 aromatic heterocycles. The van der Waals surface area contributed by atoms with Gasteiger partial charge in [0.05, 0.1) is 12.9 Å². The van der Waals surface area contributed by atoms with E-state index in [4.69, 9.17) is 4.74 Å². The van der Waals surface area contributed by atoms with Crippen molar-refractivity contribution in [1.29, 1.82) is 0 Å². The van der Waals surface area contributed by atoms with Gasteiger partial charge in [-0.15, -0.1) is 0 Å². The van der Waals surface area contributed by atoms with Crippen LogP contribution >= 0.6 is 11.8 Å². The number of thioether (sulfide) groups is 1. The summed E-state index contributed by atoms with van der Waals surface area (Å²) < 4.78 is 4.99. The molecule has 1 nitrogen and oxygen atoms in total. The Kier molecular flexibility index (Phi) is 2.27. The summed E-state index contributed by atoms with van der Waals surface area (Å²) in [5.74, 6) is 1.28. The van der Waals surface area contributed by atoms with Crippen LogP contribution in [-0.4, -0.2) is 17.6 Å². The lowest BCUT2D eigenvalue weighted by molar-refractivity contribution is 0.268. The van der Waals surface area contributed by atoms with E-state index in [1.165, 1.54) is 5.75 Å². The maximum atomic E-state index is 4.99. The van der Waals surface area contributed by atoms with Crippen LogP contribution in [0.15, 0.2) is 12.3 Å². The van der Waals surface area contributed by atoms with Crippen LogP contribution < -0.4 is 0 Å². The predicted molar refractivity (Wildman–Crippen MR) is 37.0 cm³/mol. The van der Waals surface area contributed by atoms with Crippen molar-refractivity contribution in [2.24, 2.45) is 0 Å². The first kappa shape index (κ1) is 6.02. The van der Waals surface area contributed by atoms with Crippen LogP contribution in [0.5, 0.6) is 0 Å². The van der Waals surface area contributed by atoms with Crippen LogP contribution in [0.4, 0.5) is 0 Å². The fraction of sp³-hybridized carbons (Fsp3) is 0.667. The molecule has 0 N–H and O–H groups in total. The highest BCUT2D eigenvalue weighted by Crippen LogP contribution is 2.30. The molecule has 46 valence electrons. The molecule has 0 amide bonds. The average molecular weight is 130 g/mol. The molecule has 1 aliphatic heterocycles. The molecule has 1 aliphatic rings. The molecule has 0 spiro atoms. The molecule has 1 atom stereocenters. The monoisotopic (exact) mass is 130 g/mol. The van der Waals surface area contributed by atoms with Gasteiger partial charge in [-0.25, -0.2) is 0 Å². The van der Waals surface area contributed by atoms with Crippen molar-refractivity contribution in [2.75, 3.05) is 12.4 Å². The fourth-order valence-electron chi connectivity index (χ4n) is 0.406. The minimum absolute atomic E-state index is 0.765. The van der Waals surface area contributed by atoms with E-state index in [0.29, 0.717) is 0 Å². The summed E-state index contributed by atoms with van der Waals surface area (Å²) in [5, 5.41) is 0.765. The Bertz CT molecular complexity index is 86.5. The Morgan fingerprint density at radius 1 is 1.88 bits per heavy atom. The van der Waals surface area contributed by atoms with E-state index in [9.17, 15) is 0 Å². The molecule has 8 heavy (non-hydrogen) atoms. The van der Waals surface area contributed by atoms with Gasteiger partial charge in [0, 0.05) is 11.0 Å². The van der Waals surface area contributed by atoms with Crippen molar-refractivity contribution in [3.63, 3.8) is 0 Å². The summed E-state index contributed by atoms with van der Waals surface area (Å²) in [6.07, 6.45) is 3.90. The highest BCUT2D eigenvalue weighted by molar-refractivity contribution is 8.07. The second-order valence-corrected chi connectivity index (χ2v) is 2.93. The van der Waals surface area contributed by atoms with E-state index in [1.54, 1.807) is 6.26 Å². The summed E-state index contributed by atoms with van der Waals surface area (Å²) >= 11 is 1.95. The molecule has 2 heteroatoms. The summed E-state index contributed by atoms with van der Waals surface area (Å²) in [7, 11) is 0. The quantitative estimate of drug-likeness (QED) is 0.424. The molecule has 0 aromatic carbocycles. The van der Waals surface area contributed by atoms with E-state index >= 15 is 0 Å². The second kappa shape index (κ2) is 3.02. The summed E-state index contributed by atoms with van der Waals surface area (Å²) in [6.45, 7) is 2.78. The van der Waals surface area contributed by atoms with Crippen LogP contribution in [0, 0.1) is 0 Å². The van der Waals surface area contributed by atoms with E-state index in [0.717, 1.165) is 11.9 Å². The first-order chi connectivity index (χ1) is 3.93. The van der Waals surface area contributed by atoms with Gasteiger partial charge in [0.15, 0.2) is 0 Å². The van der Waals surface area contributed by atoms with Gasteiger partial charge in [-0.3, -0.25) is 0 Å². The molecule has 0 aliphatic carbocycles. The summed E-state index contributed by atoms with van der Waals surface area (Å²) in [6, 6.07) is 0. The third-order valence-corrected chi connectivity index (χ3v) is 1.79. The third kappa shape index (κ3) is 2.26. The van der Waals surface area contributed by atoms with Gasteiger partial charge in [-0.1, -0.05) is 0 Å². The summed E-state index contributed by atoms with van der Waals surface area (Å²) in [4.78, 5) is 0. The third-order valence-electron chi connectivity index (χ3n) is 0.915. The number of hydrogen-bond donors (Lipinski definition) is 0. The molecule has 0 bridgehead atoms. The molecule has 0 aromatic rings. The van der Waals surface area contributed by atoms with Gasteiger partial charge in [-0.05, 0) is 13.0 Å².